The van der Waals surface area contributed by atoms with Gasteiger partial charge in [0.1, 0.15) is 0 Å². The van der Waals surface area contributed by atoms with Gasteiger partial charge in [0.05, 0.1) is 0 Å². The molecule has 2 heteroatoms. The van der Waals surface area contributed by atoms with Crippen molar-refractivity contribution in [2.45, 2.75) is 32.4 Å². The van der Waals surface area contributed by atoms with E-state index >= 15 is 0 Å². The van der Waals surface area contributed by atoms with Gasteiger partial charge in [-0.05, 0) is 29.5 Å². The highest BCUT2D eigenvalue weighted by atomic mass is 19.1. The van der Waals surface area contributed by atoms with Gasteiger partial charge in [0, 0.05) is 17.8 Å². The molecule has 0 aromatic heterocycles. The summed E-state index contributed by atoms with van der Waals surface area (Å²) in [5.41, 5.74) is 5.01. The first kappa shape index (κ1) is 13.2. The number of hydrogen-bond acceptors (Lipinski definition) is 1. The van der Waals surface area contributed by atoms with Gasteiger partial charge in [-0.2, -0.15) is 0 Å². The molecule has 0 saturated heterocycles. The molecule has 0 spiro atoms. The van der Waals surface area contributed by atoms with Crippen LogP contribution in [0.15, 0.2) is 42.5 Å². The summed E-state index contributed by atoms with van der Waals surface area (Å²) in [6, 6.07) is 13.9. The van der Waals surface area contributed by atoms with Crippen molar-refractivity contribution in [1.82, 2.24) is 0 Å². The Balaban J connectivity index is 1.89. The second kappa shape index (κ2) is 5.66. The molecule has 20 heavy (non-hydrogen) atoms. The number of hydrogen-bond donors (Lipinski definition) is 1. The molecule has 0 bridgehead atoms. The first-order valence-electron chi connectivity index (χ1n) is 7.38. The number of para-hydroxylation sites is 1. The number of aryl methyl sites for hydroxylation is 1. The summed E-state index contributed by atoms with van der Waals surface area (Å²) >= 11 is 0. The molecule has 1 unspecified atom stereocenters. The Morgan fingerprint density at radius 3 is 2.70 bits per heavy atom. The zero-order chi connectivity index (χ0) is 13.9. The second-order valence-electron chi connectivity index (χ2n) is 5.41. The van der Waals surface area contributed by atoms with Gasteiger partial charge >= 0.3 is 0 Å². The molecule has 1 heterocycles. The predicted molar refractivity (Wildman–Crippen MR) is 82.0 cm³/mol. The van der Waals surface area contributed by atoms with Crippen molar-refractivity contribution < 1.29 is 4.39 Å². The molecule has 0 radical (unpaired) electrons. The summed E-state index contributed by atoms with van der Waals surface area (Å²) in [6.45, 7) is 3.07. The topological polar surface area (TPSA) is 12.0 Å². The maximum atomic E-state index is 14.8. The van der Waals surface area contributed by atoms with E-state index in [1.165, 1.54) is 11.1 Å². The van der Waals surface area contributed by atoms with E-state index in [1.807, 2.05) is 36.4 Å². The summed E-state index contributed by atoms with van der Waals surface area (Å²) in [5, 5.41) is 3.31. The monoisotopic (exact) mass is 269 g/mol. The first-order chi connectivity index (χ1) is 9.79. The first-order valence-corrected chi connectivity index (χ1v) is 7.38. The standard InChI is InChI=1S/C18H20FN/c1-2-4-13-7-9-14(10-8-13)17(19)16-6-3-5-15-11-12-20-18(15)16/h3,5-10,17,20H,2,4,11-12H2,1H3. The van der Waals surface area contributed by atoms with Gasteiger partial charge in [0.15, 0.2) is 6.17 Å². The number of fused-ring (bicyclic) bond motifs is 1. The zero-order valence-electron chi connectivity index (χ0n) is 11.8. The summed E-state index contributed by atoms with van der Waals surface area (Å²) < 4.78 is 14.8. The maximum absolute atomic E-state index is 14.8. The molecular weight excluding hydrogens is 249 g/mol. The Morgan fingerprint density at radius 1 is 1.15 bits per heavy atom. The maximum Gasteiger partial charge on any atom is 0.152 e. The lowest BCUT2D eigenvalue weighted by Gasteiger charge is -2.14. The highest BCUT2D eigenvalue weighted by molar-refractivity contribution is 5.63. The van der Waals surface area contributed by atoms with Crippen LogP contribution in [-0.2, 0) is 12.8 Å². The molecule has 0 fully saturated rings. The van der Waals surface area contributed by atoms with Crippen molar-refractivity contribution in [3.63, 3.8) is 0 Å². The molecule has 2 aromatic rings. The van der Waals surface area contributed by atoms with Crippen LogP contribution in [0.3, 0.4) is 0 Å². The lowest BCUT2D eigenvalue weighted by atomic mass is 9.97. The van der Waals surface area contributed by atoms with Crippen LogP contribution in [0.4, 0.5) is 10.1 Å². The molecule has 2 aromatic carbocycles. The molecule has 1 aliphatic heterocycles. The van der Waals surface area contributed by atoms with E-state index in [4.69, 9.17) is 0 Å². The van der Waals surface area contributed by atoms with Crippen molar-refractivity contribution in [2.75, 3.05) is 11.9 Å². The lowest BCUT2D eigenvalue weighted by Crippen LogP contribution is -2.00. The third kappa shape index (κ3) is 2.43. The van der Waals surface area contributed by atoms with E-state index < -0.39 is 6.17 Å². The highest BCUT2D eigenvalue weighted by Gasteiger charge is 2.21. The number of halogens is 1. The van der Waals surface area contributed by atoms with Crippen LogP contribution in [0.1, 0.15) is 41.8 Å². The minimum absolute atomic E-state index is 0.743. The smallest absolute Gasteiger partial charge is 0.152 e. The SMILES string of the molecule is CCCc1ccc(C(F)c2cccc3c2NCC3)cc1. The number of alkyl halides is 1. The summed E-state index contributed by atoms with van der Waals surface area (Å²) in [5.74, 6) is 0. The fourth-order valence-electron chi connectivity index (χ4n) is 2.90. The molecule has 3 rings (SSSR count). The minimum Gasteiger partial charge on any atom is -0.384 e. The summed E-state index contributed by atoms with van der Waals surface area (Å²) in [4.78, 5) is 0. The Kier molecular flexibility index (Phi) is 3.72. The van der Waals surface area contributed by atoms with Gasteiger partial charge in [-0.25, -0.2) is 4.39 Å². The molecule has 1 atom stereocenters. The van der Waals surface area contributed by atoms with E-state index in [-0.39, 0.29) is 0 Å². The number of benzene rings is 2. The van der Waals surface area contributed by atoms with Gasteiger partial charge in [0.2, 0.25) is 0 Å². The van der Waals surface area contributed by atoms with E-state index in [9.17, 15) is 4.39 Å². The van der Waals surface area contributed by atoms with Crippen LogP contribution in [-0.4, -0.2) is 6.54 Å². The number of nitrogens with one attached hydrogen (secondary N) is 1. The highest BCUT2D eigenvalue weighted by Crippen LogP contribution is 2.36. The van der Waals surface area contributed by atoms with E-state index in [0.717, 1.165) is 42.6 Å². The van der Waals surface area contributed by atoms with Gasteiger partial charge in [0.25, 0.3) is 0 Å². The Bertz CT molecular complexity index is 589. The largest absolute Gasteiger partial charge is 0.384 e. The van der Waals surface area contributed by atoms with Crippen molar-refractivity contribution in [2.24, 2.45) is 0 Å². The van der Waals surface area contributed by atoms with Crippen molar-refractivity contribution in [3.05, 3.63) is 64.7 Å². The molecule has 1 aliphatic rings. The van der Waals surface area contributed by atoms with Gasteiger partial charge in [-0.1, -0.05) is 55.8 Å². The third-order valence-electron chi connectivity index (χ3n) is 3.96. The van der Waals surface area contributed by atoms with E-state index in [0.29, 0.717) is 0 Å². The van der Waals surface area contributed by atoms with E-state index in [2.05, 4.69) is 18.3 Å². The predicted octanol–water partition coefficient (Wildman–Crippen LogP) is 4.67. The van der Waals surface area contributed by atoms with Crippen LogP contribution in [0.25, 0.3) is 0 Å². The molecule has 0 saturated carbocycles. The number of rotatable bonds is 4. The van der Waals surface area contributed by atoms with Crippen molar-refractivity contribution in [3.8, 4) is 0 Å². The Morgan fingerprint density at radius 2 is 1.95 bits per heavy atom. The van der Waals surface area contributed by atoms with Crippen LogP contribution in [0.5, 0.6) is 0 Å². The lowest BCUT2D eigenvalue weighted by molar-refractivity contribution is 0.403. The molecular formula is C18H20FN. The normalized spacial score (nSPS) is 14.7. The van der Waals surface area contributed by atoms with Gasteiger partial charge in [-0.15, -0.1) is 0 Å². The third-order valence-corrected chi connectivity index (χ3v) is 3.96. The Labute approximate surface area is 119 Å². The van der Waals surface area contributed by atoms with Crippen molar-refractivity contribution >= 4 is 5.69 Å². The van der Waals surface area contributed by atoms with Crippen LogP contribution in [0, 0.1) is 0 Å². The molecule has 1 nitrogen and oxygen atoms in total. The average molecular weight is 269 g/mol. The average Bonchev–Trinajstić information content (AvgIpc) is 2.96. The summed E-state index contributed by atoms with van der Waals surface area (Å²) in [7, 11) is 0. The quantitative estimate of drug-likeness (QED) is 0.850. The van der Waals surface area contributed by atoms with Crippen LogP contribution >= 0.6 is 0 Å². The summed E-state index contributed by atoms with van der Waals surface area (Å²) in [6.07, 6.45) is 2.12. The fraction of sp³-hybridized carbons (Fsp3) is 0.333. The van der Waals surface area contributed by atoms with Gasteiger partial charge < -0.3 is 5.32 Å². The van der Waals surface area contributed by atoms with Crippen LogP contribution in [0.2, 0.25) is 0 Å². The molecule has 1 N–H and O–H groups in total. The minimum atomic E-state index is -1.05. The fourth-order valence-corrected chi connectivity index (χ4v) is 2.90. The van der Waals surface area contributed by atoms with E-state index in [1.54, 1.807) is 0 Å². The zero-order valence-corrected chi connectivity index (χ0v) is 11.8. The molecule has 0 aliphatic carbocycles. The molecule has 0 amide bonds. The van der Waals surface area contributed by atoms with Crippen molar-refractivity contribution in [1.29, 1.82) is 0 Å². The second-order valence-corrected chi connectivity index (χ2v) is 5.41. The van der Waals surface area contributed by atoms with Gasteiger partial charge in [-0.3, -0.25) is 0 Å². The van der Waals surface area contributed by atoms with Crippen LogP contribution < -0.4 is 5.32 Å². The number of anilines is 1. The molecule has 104 valence electrons. The Hall–Kier alpha value is -1.83.